The van der Waals surface area contributed by atoms with Gasteiger partial charge in [-0.2, -0.15) is 4.98 Å². The number of benzene rings is 1. The van der Waals surface area contributed by atoms with Gasteiger partial charge < -0.3 is 60.4 Å². The standard InChI is InChI=1S/C46H56N14O19P2S/c1-21(2)30(54-27(61)7-5-4-6-14-58-28(62)12-13-29(58)63)41(67)52-22(3)40(66)53-24-10-8-23(9-11-24)15-73-46(69)55-37-31-38(49-18-48-37)59(19-50-31)44-36-33(64)25(76-44)16-74-80(70,71)78-35-26(17-75-81(72,82)79-36)77-43(34(35)65)60-20-51-32-39(60)56-45(47)57-42(32)68/h8-13,18-22,25-26,30,33-36,43-44,64-65H,4-7,14-17H2,1-3H3,(H,52,67)(H,53,66)(H,54,61)(H,70,71)(H,72,82)(H3,47,56,57,68)(H,48,49,55,69)/t22-,25+,26+,30-,33?,34?,35?,36?,43+,44+,81?/m0/s1. The zero-order valence-corrected chi connectivity index (χ0v) is 46.2. The minimum Gasteiger partial charge on any atom is -0.444 e. The highest BCUT2D eigenvalue weighted by molar-refractivity contribution is 8.07. The first kappa shape index (κ1) is 59.6. The number of aliphatic hydroxyl groups excluding tert-OH is 2. The zero-order valence-electron chi connectivity index (χ0n) is 43.6. The average molecular weight is 1200 g/mol. The fourth-order valence-corrected chi connectivity index (χ4v) is 11.5. The maximum Gasteiger partial charge on any atom is 0.472 e. The highest BCUT2D eigenvalue weighted by atomic mass is 32.5. The SMILES string of the molecule is CC(C)[C@H](NC(=O)CCCCCN1C(=O)C=CC1=O)C(=O)N[C@@H](C)C(=O)Nc1ccc(COC(=O)Nc2ncnc3c2ncn3[C@@H]2O[C@@H]3COP(=O)(O)OC4C(O)[C@H](n5cnc6c(=O)[nH]c(N)nc65)O[C@@H]4COP(O)(=S)OC2C3O)cc1. The van der Waals surface area contributed by atoms with Gasteiger partial charge in [0.2, 0.25) is 23.7 Å². The number of anilines is 3. The number of aromatic amines is 1. The van der Waals surface area contributed by atoms with Gasteiger partial charge in [0.05, 0.1) is 25.9 Å². The Morgan fingerprint density at radius 1 is 0.817 bits per heavy atom. The summed E-state index contributed by atoms with van der Waals surface area (Å²) in [5, 5.41) is 33.4. The molecule has 4 aromatic heterocycles. The van der Waals surface area contributed by atoms with E-state index >= 15 is 0 Å². The maximum absolute atomic E-state index is 13.4. The zero-order chi connectivity index (χ0) is 58.8. The second-order valence-corrected chi connectivity index (χ2v) is 23.7. The summed E-state index contributed by atoms with van der Waals surface area (Å²) in [5.41, 5.74) is 5.56. The molecule has 4 aliphatic heterocycles. The van der Waals surface area contributed by atoms with Gasteiger partial charge in [-0.3, -0.25) is 66.7 Å². The van der Waals surface area contributed by atoms with Crippen LogP contribution in [0.1, 0.15) is 64.5 Å². The van der Waals surface area contributed by atoms with Crippen LogP contribution in [0.4, 0.5) is 22.2 Å². The van der Waals surface area contributed by atoms with Gasteiger partial charge in [-0.15, -0.1) is 0 Å². The number of rotatable bonds is 17. The number of nitrogens with one attached hydrogen (secondary N) is 5. The number of nitrogens with zero attached hydrogens (tertiary/aromatic N) is 8. The molecule has 0 radical (unpaired) electrons. The van der Waals surface area contributed by atoms with Crippen LogP contribution in [0.25, 0.3) is 22.3 Å². The predicted molar refractivity (Wildman–Crippen MR) is 283 cm³/mol. The number of phosphoric ester groups is 1. The van der Waals surface area contributed by atoms with Crippen LogP contribution in [0.15, 0.2) is 60.2 Å². The van der Waals surface area contributed by atoms with Gasteiger partial charge in [0.1, 0.15) is 61.6 Å². The molecule has 2 bridgehead atoms. The fourth-order valence-electron chi connectivity index (χ4n) is 9.12. The first-order valence-electron chi connectivity index (χ1n) is 25.3. The number of amides is 6. The molecule has 6 amide bonds. The van der Waals surface area contributed by atoms with Crippen molar-refractivity contribution in [3.8, 4) is 0 Å². The van der Waals surface area contributed by atoms with E-state index in [1.165, 1.54) is 30.0 Å². The lowest BCUT2D eigenvalue weighted by Crippen LogP contribution is -2.53. The van der Waals surface area contributed by atoms with Gasteiger partial charge in [-0.25, -0.2) is 29.3 Å². The quantitative estimate of drug-likeness (QED) is 0.0333. The number of hydrogen-bond acceptors (Lipinski definition) is 24. The van der Waals surface area contributed by atoms with E-state index in [1.807, 2.05) is 0 Å². The lowest BCUT2D eigenvalue weighted by molar-refractivity contribution is -0.137. The number of hydrogen-bond donors (Lipinski definition) is 10. The number of nitrogens with two attached hydrogens (primary N) is 1. The number of aromatic nitrogens is 8. The molecule has 1 aromatic carbocycles. The molecule has 3 fully saturated rings. The molecule has 12 atom stereocenters. The van der Waals surface area contributed by atoms with Crippen molar-refractivity contribution in [3.05, 3.63) is 71.3 Å². The molecule has 5 aromatic rings. The van der Waals surface area contributed by atoms with Crippen LogP contribution in [-0.4, -0.2) is 168 Å². The molecule has 0 saturated carbocycles. The lowest BCUT2D eigenvalue weighted by Gasteiger charge is -2.27. The highest BCUT2D eigenvalue weighted by Crippen LogP contribution is 2.54. The van der Waals surface area contributed by atoms with Crippen molar-refractivity contribution in [3.63, 3.8) is 0 Å². The Hall–Kier alpha value is -7.04. The van der Waals surface area contributed by atoms with Crippen LogP contribution in [0, 0.1) is 5.92 Å². The number of carbonyl (C=O) groups excluding carboxylic acids is 6. The molecule has 0 spiro atoms. The van der Waals surface area contributed by atoms with Crippen molar-refractivity contribution in [2.45, 2.75) is 114 Å². The number of carbonyl (C=O) groups is 6. The summed E-state index contributed by atoms with van der Waals surface area (Å²) in [6.45, 7) is -1.05. The summed E-state index contributed by atoms with van der Waals surface area (Å²) in [7, 11) is -5.17. The number of aliphatic hydroxyl groups is 2. The summed E-state index contributed by atoms with van der Waals surface area (Å²) in [6.07, 6.45) is -6.27. The van der Waals surface area contributed by atoms with E-state index in [0.717, 1.165) is 22.1 Å². The second-order valence-electron chi connectivity index (χ2n) is 19.5. The smallest absolute Gasteiger partial charge is 0.444 e. The summed E-state index contributed by atoms with van der Waals surface area (Å²) >= 11 is 5.33. The number of nitrogen functional groups attached to an aromatic ring is 1. The van der Waals surface area contributed by atoms with Crippen LogP contribution < -0.4 is 32.6 Å². The van der Waals surface area contributed by atoms with Crippen molar-refractivity contribution < 1.29 is 85.6 Å². The Labute approximate surface area is 468 Å². The number of unbranched alkanes of at least 4 members (excludes halogenated alkanes) is 2. The predicted octanol–water partition coefficient (Wildman–Crippen LogP) is 0.0108. The molecule has 82 heavy (non-hydrogen) atoms. The van der Waals surface area contributed by atoms with E-state index < -0.39 is 112 Å². The van der Waals surface area contributed by atoms with Gasteiger partial charge in [-0.05, 0) is 55.2 Å². The molecule has 3 saturated heterocycles. The third kappa shape index (κ3) is 13.6. The number of imidazole rings is 2. The first-order chi connectivity index (χ1) is 39.0. The van der Waals surface area contributed by atoms with Crippen LogP contribution in [0.2, 0.25) is 0 Å². The number of phosphoric acid groups is 1. The average Bonchev–Trinajstić information content (AvgIpc) is 3.15. The lowest BCUT2D eigenvalue weighted by atomic mass is 10.0. The third-order valence-corrected chi connectivity index (χ3v) is 15.9. The van der Waals surface area contributed by atoms with E-state index in [2.05, 4.69) is 51.2 Å². The second kappa shape index (κ2) is 24.8. The Morgan fingerprint density at radius 3 is 2.22 bits per heavy atom. The van der Waals surface area contributed by atoms with Crippen LogP contribution in [-0.2, 0) is 79.3 Å². The number of imide groups is 1. The molecule has 36 heteroatoms. The molecule has 6 unspecified atom stereocenters. The topological polar surface area (TPSA) is 450 Å². The van der Waals surface area contributed by atoms with E-state index in [0.29, 0.717) is 30.5 Å². The van der Waals surface area contributed by atoms with Crippen LogP contribution in [0.3, 0.4) is 0 Å². The van der Waals surface area contributed by atoms with E-state index in [-0.39, 0.29) is 77.3 Å². The molecular formula is C46H56N14O19P2S. The van der Waals surface area contributed by atoms with E-state index in [1.54, 1.807) is 38.1 Å². The first-order valence-corrected chi connectivity index (χ1v) is 29.4. The Morgan fingerprint density at radius 2 is 1.50 bits per heavy atom. The molecular weight excluding hydrogens is 1150 g/mol. The summed E-state index contributed by atoms with van der Waals surface area (Å²) in [5.74, 6) is -2.95. The minimum atomic E-state index is -5.17. The van der Waals surface area contributed by atoms with Crippen molar-refractivity contribution in [1.82, 2.24) is 54.6 Å². The van der Waals surface area contributed by atoms with Crippen molar-refractivity contribution in [2.75, 3.05) is 36.1 Å². The van der Waals surface area contributed by atoms with Gasteiger partial charge in [0.15, 0.2) is 40.6 Å². The highest BCUT2D eigenvalue weighted by Gasteiger charge is 2.53. The van der Waals surface area contributed by atoms with E-state index in [4.69, 9.17) is 49.8 Å². The normalized spacial score (nSPS) is 27.3. The molecule has 9 rings (SSSR count). The van der Waals surface area contributed by atoms with E-state index in [9.17, 15) is 58.1 Å². The summed E-state index contributed by atoms with van der Waals surface area (Å²) in [4.78, 5) is 134. The van der Waals surface area contributed by atoms with Gasteiger partial charge in [0.25, 0.3) is 17.4 Å². The van der Waals surface area contributed by atoms with Gasteiger partial charge in [0, 0.05) is 30.8 Å². The molecule has 4 aliphatic rings. The number of fused-ring (bicyclic) bond motifs is 5. The number of ether oxygens (including phenoxy) is 3. The maximum atomic E-state index is 13.4. The van der Waals surface area contributed by atoms with Gasteiger partial charge >= 0.3 is 20.6 Å². The number of H-pyrrole nitrogens is 1. The summed E-state index contributed by atoms with van der Waals surface area (Å²) in [6, 6.07) is 4.31. The monoisotopic (exact) mass is 1200 g/mol. The summed E-state index contributed by atoms with van der Waals surface area (Å²) < 4.78 is 55.3. The van der Waals surface area contributed by atoms with Gasteiger partial charge in [-0.1, -0.05) is 32.4 Å². The molecule has 33 nitrogen and oxygen atoms in total. The molecule has 440 valence electrons. The Bertz CT molecular complexity index is 3440. The van der Waals surface area contributed by atoms with Crippen molar-refractivity contribution in [2.24, 2.45) is 5.92 Å². The Kier molecular flexibility index (Phi) is 18.0. The Balaban J connectivity index is 0.772. The largest absolute Gasteiger partial charge is 0.472 e. The molecule has 11 N–H and O–H groups in total. The van der Waals surface area contributed by atoms with Crippen LogP contribution in [0.5, 0.6) is 0 Å². The molecule has 8 heterocycles. The van der Waals surface area contributed by atoms with Crippen molar-refractivity contribution >= 4 is 102 Å². The fraction of sp³-hybridized carbons (Fsp3) is 0.478. The minimum absolute atomic E-state index is 0.0148. The van der Waals surface area contributed by atoms with Crippen LogP contribution >= 0.6 is 14.5 Å². The molecule has 0 aliphatic carbocycles. The third-order valence-electron chi connectivity index (χ3n) is 13.3. The van der Waals surface area contributed by atoms with Crippen molar-refractivity contribution in [1.29, 1.82) is 0 Å².